The molecular formula is C11H18N2O3. The Hall–Kier alpha value is -1.17. The van der Waals surface area contributed by atoms with E-state index in [1.165, 1.54) is 7.11 Å². The zero-order valence-corrected chi connectivity index (χ0v) is 9.64. The molecule has 0 aliphatic carbocycles. The van der Waals surface area contributed by atoms with E-state index in [9.17, 15) is 5.11 Å². The van der Waals surface area contributed by atoms with Gasteiger partial charge in [-0.3, -0.25) is 4.98 Å². The average molecular weight is 226 g/mol. The molecule has 0 aromatic carbocycles. The molecule has 0 radical (unpaired) electrons. The Bertz CT molecular complexity index is 290. The Morgan fingerprint density at radius 2 is 2.25 bits per heavy atom. The standard InChI is InChI=1S/C11H18N2O3/c1-12-5-9-3-4-11(6-13-9)16-8-10(14)7-15-2/h3-4,6,10,12,14H,5,7-8H2,1-2H3. The van der Waals surface area contributed by atoms with Crippen molar-refractivity contribution >= 4 is 0 Å². The maximum atomic E-state index is 9.37. The van der Waals surface area contributed by atoms with Gasteiger partial charge in [0, 0.05) is 13.7 Å². The second-order valence-corrected chi connectivity index (χ2v) is 3.44. The summed E-state index contributed by atoms with van der Waals surface area (Å²) in [6.45, 7) is 1.21. The molecule has 1 aromatic heterocycles. The van der Waals surface area contributed by atoms with Gasteiger partial charge >= 0.3 is 0 Å². The zero-order chi connectivity index (χ0) is 11.8. The molecule has 1 aromatic rings. The van der Waals surface area contributed by atoms with Crippen LogP contribution < -0.4 is 10.1 Å². The summed E-state index contributed by atoms with van der Waals surface area (Å²) in [6, 6.07) is 3.72. The molecule has 5 nitrogen and oxygen atoms in total. The fraction of sp³-hybridized carbons (Fsp3) is 0.545. The van der Waals surface area contributed by atoms with E-state index in [4.69, 9.17) is 9.47 Å². The van der Waals surface area contributed by atoms with Crippen LogP contribution in [0.15, 0.2) is 18.3 Å². The Kier molecular flexibility index (Phi) is 5.77. The third kappa shape index (κ3) is 4.57. The van der Waals surface area contributed by atoms with Gasteiger partial charge in [-0.05, 0) is 19.2 Å². The first-order valence-corrected chi connectivity index (χ1v) is 5.15. The van der Waals surface area contributed by atoms with Gasteiger partial charge < -0.3 is 19.9 Å². The molecule has 2 N–H and O–H groups in total. The molecular weight excluding hydrogens is 208 g/mol. The quantitative estimate of drug-likeness (QED) is 0.694. The Balaban J connectivity index is 2.37. The van der Waals surface area contributed by atoms with Crippen LogP contribution in [0.1, 0.15) is 5.69 Å². The summed E-state index contributed by atoms with van der Waals surface area (Å²) in [5, 5.41) is 12.4. The van der Waals surface area contributed by atoms with Gasteiger partial charge in [-0.15, -0.1) is 0 Å². The highest BCUT2D eigenvalue weighted by Crippen LogP contribution is 2.09. The van der Waals surface area contributed by atoms with Crippen molar-refractivity contribution in [2.75, 3.05) is 27.4 Å². The van der Waals surface area contributed by atoms with E-state index in [1.54, 1.807) is 6.20 Å². The highest BCUT2D eigenvalue weighted by Gasteiger charge is 2.04. The van der Waals surface area contributed by atoms with Gasteiger partial charge in [0.25, 0.3) is 0 Å². The third-order valence-corrected chi connectivity index (χ3v) is 1.96. The molecule has 0 aliphatic rings. The Morgan fingerprint density at radius 3 is 2.81 bits per heavy atom. The van der Waals surface area contributed by atoms with E-state index < -0.39 is 6.10 Å². The Morgan fingerprint density at radius 1 is 1.44 bits per heavy atom. The summed E-state index contributed by atoms with van der Waals surface area (Å²) in [4.78, 5) is 4.19. The molecule has 0 aliphatic heterocycles. The predicted octanol–water partition coefficient (Wildman–Crippen LogP) is 0.187. The van der Waals surface area contributed by atoms with Gasteiger partial charge in [0.2, 0.25) is 0 Å². The lowest BCUT2D eigenvalue weighted by molar-refractivity contribution is 0.0324. The fourth-order valence-electron chi connectivity index (χ4n) is 1.21. The zero-order valence-electron chi connectivity index (χ0n) is 9.64. The molecule has 0 fully saturated rings. The van der Waals surface area contributed by atoms with Crippen LogP contribution >= 0.6 is 0 Å². The topological polar surface area (TPSA) is 63.6 Å². The summed E-state index contributed by atoms with van der Waals surface area (Å²) >= 11 is 0. The monoisotopic (exact) mass is 226 g/mol. The number of ether oxygens (including phenoxy) is 2. The molecule has 1 atom stereocenters. The first-order chi connectivity index (χ1) is 7.76. The van der Waals surface area contributed by atoms with E-state index >= 15 is 0 Å². The van der Waals surface area contributed by atoms with E-state index in [2.05, 4.69) is 10.3 Å². The first-order valence-electron chi connectivity index (χ1n) is 5.15. The number of nitrogens with one attached hydrogen (secondary N) is 1. The molecule has 5 heteroatoms. The highest BCUT2D eigenvalue weighted by molar-refractivity contribution is 5.19. The summed E-state index contributed by atoms with van der Waals surface area (Å²) in [7, 11) is 3.41. The van der Waals surface area contributed by atoms with Gasteiger partial charge in [0.05, 0.1) is 18.5 Å². The molecule has 0 saturated heterocycles. The number of aromatic nitrogens is 1. The molecule has 0 saturated carbocycles. The normalized spacial score (nSPS) is 12.4. The summed E-state index contributed by atoms with van der Waals surface area (Å²) < 4.78 is 10.1. The molecule has 90 valence electrons. The molecule has 1 heterocycles. The van der Waals surface area contributed by atoms with Crippen LogP contribution in [0.3, 0.4) is 0 Å². The van der Waals surface area contributed by atoms with Crippen molar-refractivity contribution in [3.63, 3.8) is 0 Å². The van der Waals surface area contributed by atoms with Crippen LogP contribution in [0.4, 0.5) is 0 Å². The molecule has 0 spiro atoms. The van der Waals surface area contributed by atoms with Crippen LogP contribution in [0.5, 0.6) is 5.75 Å². The van der Waals surface area contributed by atoms with E-state index in [-0.39, 0.29) is 13.2 Å². The molecule has 1 rings (SSSR count). The average Bonchev–Trinajstić information content (AvgIpc) is 2.29. The second kappa shape index (κ2) is 7.16. The molecule has 1 unspecified atom stereocenters. The lowest BCUT2D eigenvalue weighted by Crippen LogP contribution is -2.22. The van der Waals surface area contributed by atoms with Gasteiger partial charge in [0.1, 0.15) is 18.5 Å². The summed E-state index contributed by atoms with van der Waals surface area (Å²) in [5.41, 5.74) is 0.951. The minimum absolute atomic E-state index is 0.209. The number of rotatable bonds is 7. The number of hydrogen-bond acceptors (Lipinski definition) is 5. The van der Waals surface area contributed by atoms with E-state index in [0.717, 1.165) is 12.2 Å². The lowest BCUT2D eigenvalue weighted by atomic mass is 10.3. The minimum Gasteiger partial charge on any atom is -0.489 e. The fourth-order valence-corrected chi connectivity index (χ4v) is 1.21. The largest absolute Gasteiger partial charge is 0.489 e. The van der Waals surface area contributed by atoms with Gasteiger partial charge in [0.15, 0.2) is 0 Å². The van der Waals surface area contributed by atoms with Crippen molar-refractivity contribution in [2.45, 2.75) is 12.6 Å². The second-order valence-electron chi connectivity index (χ2n) is 3.44. The van der Waals surface area contributed by atoms with Gasteiger partial charge in [-0.1, -0.05) is 0 Å². The van der Waals surface area contributed by atoms with Crippen molar-refractivity contribution in [1.82, 2.24) is 10.3 Å². The summed E-state index contributed by atoms with van der Waals surface area (Å²) in [6.07, 6.45) is 1.04. The van der Waals surface area contributed by atoms with Gasteiger partial charge in [-0.25, -0.2) is 0 Å². The number of nitrogens with zero attached hydrogens (tertiary/aromatic N) is 1. The maximum Gasteiger partial charge on any atom is 0.137 e. The number of pyridine rings is 1. The van der Waals surface area contributed by atoms with Crippen molar-refractivity contribution in [1.29, 1.82) is 0 Å². The molecule has 0 bridgehead atoms. The van der Waals surface area contributed by atoms with Crippen LogP contribution in [0.25, 0.3) is 0 Å². The minimum atomic E-state index is -0.609. The SMILES string of the molecule is CNCc1ccc(OCC(O)COC)cn1. The van der Waals surface area contributed by atoms with Crippen LogP contribution in [-0.4, -0.2) is 43.6 Å². The third-order valence-electron chi connectivity index (χ3n) is 1.96. The number of aliphatic hydroxyl groups is 1. The smallest absolute Gasteiger partial charge is 0.137 e. The van der Waals surface area contributed by atoms with Crippen molar-refractivity contribution in [3.8, 4) is 5.75 Å². The van der Waals surface area contributed by atoms with Crippen molar-refractivity contribution < 1.29 is 14.6 Å². The van der Waals surface area contributed by atoms with E-state index in [1.807, 2.05) is 19.2 Å². The number of hydrogen-bond donors (Lipinski definition) is 2. The van der Waals surface area contributed by atoms with Crippen LogP contribution in [0, 0.1) is 0 Å². The van der Waals surface area contributed by atoms with E-state index in [0.29, 0.717) is 5.75 Å². The lowest BCUT2D eigenvalue weighted by Gasteiger charge is -2.11. The van der Waals surface area contributed by atoms with Crippen LogP contribution in [-0.2, 0) is 11.3 Å². The maximum absolute atomic E-state index is 9.37. The summed E-state index contributed by atoms with van der Waals surface area (Å²) in [5.74, 6) is 0.648. The van der Waals surface area contributed by atoms with Crippen molar-refractivity contribution in [2.24, 2.45) is 0 Å². The molecule has 0 amide bonds. The van der Waals surface area contributed by atoms with Crippen molar-refractivity contribution in [3.05, 3.63) is 24.0 Å². The van der Waals surface area contributed by atoms with Crippen LogP contribution in [0.2, 0.25) is 0 Å². The molecule has 16 heavy (non-hydrogen) atoms. The predicted molar refractivity (Wildman–Crippen MR) is 60.4 cm³/mol. The Labute approximate surface area is 95.4 Å². The number of aliphatic hydroxyl groups excluding tert-OH is 1. The van der Waals surface area contributed by atoms with Gasteiger partial charge in [-0.2, -0.15) is 0 Å². The first kappa shape index (κ1) is 12.9. The highest BCUT2D eigenvalue weighted by atomic mass is 16.5. The number of methoxy groups -OCH3 is 1.